The van der Waals surface area contributed by atoms with E-state index in [0.29, 0.717) is 19.0 Å². The molecule has 0 saturated heterocycles. The molecule has 0 aromatic heterocycles. The lowest BCUT2D eigenvalue weighted by molar-refractivity contribution is -0.122. The van der Waals surface area contributed by atoms with E-state index in [4.69, 9.17) is 38.0 Å². The lowest BCUT2D eigenvalue weighted by atomic mass is 10.3. The van der Waals surface area contributed by atoms with Gasteiger partial charge >= 0.3 is 0 Å². The SMILES string of the molecule is CCOc1ccc(N(Cl)CCCl)cc1.O=CO. The van der Waals surface area contributed by atoms with Crippen molar-refractivity contribution in [2.75, 3.05) is 23.5 Å². The van der Waals surface area contributed by atoms with Crippen molar-refractivity contribution in [3.63, 3.8) is 0 Å². The molecule has 0 atom stereocenters. The number of hydrogen-bond acceptors (Lipinski definition) is 3. The van der Waals surface area contributed by atoms with Crippen molar-refractivity contribution in [2.45, 2.75) is 6.92 Å². The second-order valence-electron chi connectivity index (χ2n) is 2.81. The van der Waals surface area contributed by atoms with Crippen molar-refractivity contribution < 1.29 is 14.6 Å². The summed E-state index contributed by atoms with van der Waals surface area (Å²) >= 11 is 11.5. The van der Waals surface area contributed by atoms with Crippen molar-refractivity contribution in [1.82, 2.24) is 0 Å². The Morgan fingerprint density at radius 2 is 1.94 bits per heavy atom. The molecule has 0 bridgehead atoms. The van der Waals surface area contributed by atoms with Gasteiger partial charge in [0.15, 0.2) is 0 Å². The van der Waals surface area contributed by atoms with Crippen LogP contribution >= 0.6 is 23.4 Å². The summed E-state index contributed by atoms with van der Waals surface area (Å²) in [5, 5.41) is 6.89. The van der Waals surface area contributed by atoms with Gasteiger partial charge in [0.1, 0.15) is 5.75 Å². The maximum atomic E-state index is 8.36. The van der Waals surface area contributed by atoms with Gasteiger partial charge in [-0.2, -0.15) is 0 Å². The molecule has 4 nitrogen and oxygen atoms in total. The van der Waals surface area contributed by atoms with E-state index in [2.05, 4.69) is 0 Å². The van der Waals surface area contributed by atoms with Gasteiger partial charge < -0.3 is 9.84 Å². The van der Waals surface area contributed by atoms with Crippen molar-refractivity contribution in [2.24, 2.45) is 0 Å². The van der Waals surface area contributed by atoms with E-state index in [1.165, 1.54) is 0 Å². The van der Waals surface area contributed by atoms with E-state index < -0.39 is 0 Å². The molecule has 0 amide bonds. The van der Waals surface area contributed by atoms with E-state index in [-0.39, 0.29) is 6.47 Å². The van der Waals surface area contributed by atoms with Crippen LogP contribution in [-0.2, 0) is 4.79 Å². The topological polar surface area (TPSA) is 49.8 Å². The van der Waals surface area contributed by atoms with Crippen LogP contribution in [0.15, 0.2) is 24.3 Å². The van der Waals surface area contributed by atoms with Gasteiger partial charge in [0.25, 0.3) is 6.47 Å². The van der Waals surface area contributed by atoms with Crippen LogP contribution in [0.25, 0.3) is 0 Å². The van der Waals surface area contributed by atoms with Gasteiger partial charge in [-0.25, -0.2) is 0 Å². The summed E-state index contributed by atoms with van der Waals surface area (Å²) in [4.78, 5) is 8.36. The van der Waals surface area contributed by atoms with Crippen LogP contribution in [0.1, 0.15) is 6.92 Å². The predicted molar refractivity (Wildman–Crippen MR) is 70.2 cm³/mol. The molecule has 0 fully saturated rings. The van der Waals surface area contributed by atoms with Gasteiger partial charge in [-0.15, -0.1) is 11.6 Å². The Bertz CT molecular complexity index is 306. The lowest BCUT2D eigenvalue weighted by Gasteiger charge is -2.14. The van der Waals surface area contributed by atoms with E-state index in [1.54, 1.807) is 4.42 Å². The Morgan fingerprint density at radius 3 is 2.35 bits per heavy atom. The zero-order valence-electron chi connectivity index (χ0n) is 9.47. The van der Waals surface area contributed by atoms with Gasteiger partial charge in [-0.3, -0.25) is 9.21 Å². The van der Waals surface area contributed by atoms with Crippen LogP contribution < -0.4 is 9.16 Å². The van der Waals surface area contributed by atoms with Crippen LogP contribution in [-0.4, -0.2) is 30.6 Å². The molecule has 1 aromatic carbocycles. The van der Waals surface area contributed by atoms with Crippen LogP contribution in [0.3, 0.4) is 0 Å². The predicted octanol–water partition coefficient (Wildman–Crippen LogP) is 2.99. The zero-order chi connectivity index (χ0) is 13.1. The highest BCUT2D eigenvalue weighted by Crippen LogP contribution is 2.20. The fraction of sp³-hybridized carbons (Fsp3) is 0.364. The second-order valence-corrected chi connectivity index (χ2v) is 3.59. The number of hydrogen-bond donors (Lipinski definition) is 1. The number of benzene rings is 1. The first-order valence-electron chi connectivity index (χ1n) is 4.99. The molecule has 1 N–H and O–H groups in total. The molecule has 0 saturated carbocycles. The Hall–Kier alpha value is -1.13. The number of carbonyl (C=O) groups is 1. The molecule has 0 radical (unpaired) electrons. The number of halogens is 2. The molecular formula is C11H15Cl2NO3. The first kappa shape index (κ1) is 15.9. The van der Waals surface area contributed by atoms with Crippen LogP contribution in [0.2, 0.25) is 0 Å². The fourth-order valence-corrected chi connectivity index (χ4v) is 1.53. The third-order valence-electron chi connectivity index (χ3n) is 1.71. The van der Waals surface area contributed by atoms with Crippen LogP contribution in [0.5, 0.6) is 5.75 Å². The Morgan fingerprint density at radius 1 is 1.41 bits per heavy atom. The third-order valence-corrected chi connectivity index (χ3v) is 2.24. The summed E-state index contributed by atoms with van der Waals surface area (Å²) in [6.07, 6.45) is 0. The minimum Gasteiger partial charge on any atom is -0.494 e. The van der Waals surface area contributed by atoms with Crippen LogP contribution in [0, 0.1) is 0 Å². The fourth-order valence-electron chi connectivity index (χ4n) is 1.07. The summed E-state index contributed by atoms with van der Waals surface area (Å²) in [7, 11) is 0. The standard InChI is InChI=1S/C10H13Cl2NO.CH2O2/c1-2-14-10-5-3-9(4-6-10)13(12)8-7-11;2-1-3/h3-6H,2,7-8H2,1H3;1H,(H,2,3). The molecule has 0 aliphatic carbocycles. The van der Waals surface area contributed by atoms with Crippen molar-refractivity contribution in [1.29, 1.82) is 0 Å². The van der Waals surface area contributed by atoms with Gasteiger partial charge in [-0.05, 0) is 31.2 Å². The van der Waals surface area contributed by atoms with E-state index in [0.717, 1.165) is 11.4 Å². The average molecular weight is 280 g/mol. The average Bonchev–Trinajstić information content (AvgIpc) is 2.32. The lowest BCUT2D eigenvalue weighted by Crippen LogP contribution is -2.12. The van der Waals surface area contributed by atoms with Gasteiger partial charge in [-0.1, -0.05) is 0 Å². The second kappa shape index (κ2) is 10.1. The maximum Gasteiger partial charge on any atom is 0.290 e. The molecule has 96 valence electrons. The van der Waals surface area contributed by atoms with Crippen molar-refractivity contribution >= 4 is 35.5 Å². The molecule has 0 spiro atoms. The third kappa shape index (κ3) is 6.92. The number of anilines is 1. The van der Waals surface area contributed by atoms with E-state index >= 15 is 0 Å². The normalized spacial score (nSPS) is 8.88. The smallest absolute Gasteiger partial charge is 0.290 e. The molecule has 0 unspecified atom stereocenters. The molecule has 1 aromatic rings. The zero-order valence-corrected chi connectivity index (χ0v) is 11.0. The molecule has 6 heteroatoms. The highest BCUT2D eigenvalue weighted by Gasteiger charge is 2.01. The van der Waals surface area contributed by atoms with E-state index in [9.17, 15) is 0 Å². The molecule has 1 rings (SSSR count). The summed E-state index contributed by atoms with van der Waals surface area (Å²) in [5.74, 6) is 1.36. The highest BCUT2D eigenvalue weighted by atomic mass is 35.5. The molecule has 0 heterocycles. The van der Waals surface area contributed by atoms with Crippen molar-refractivity contribution in [3.8, 4) is 5.75 Å². The maximum absolute atomic E-state index is 8.36. The summed E-state index contributed by atoms with van der Waals surface area (Å²) in [6.45, 7) is 3.00. The Labute approximate surface area is 111 Å². The molecule has 0 aliphatic rings. The van der Waals surface area contributed by atoms with Gasteiger partial charge in [0.05, 0.1) is 12.3 Å². The van der Waals surface area contributed by atoms with Gasteiger partial charge in [0.2, 0.25) is 0 Å². The number of carboxylic acid groups (broad SMARTS) is 1. The quantitative estimate of drug-likeness (QED) is 0.512. The van der Waals surface area contributed by atoms with Crippen LogP contribution in [0.4, 0.5) is 5.69 Å². The number of ether oxygens (including phenoxy) is 1. The number of nitrogens with zero attached hydrogens (tertiary/aromatic N) is 1. The van der Waals surface area contributed by atoms with Gasteiger partial charge in [0, 0.05) is 24.2 Å². The minimum absolute atomic E-state index is 0.250. The number of rotatable bonds is 5. The highest BCUT2D eigenvalue weighted by molar-refractivity contribution is 6.26. The largest absolute Gasteiger partial charge is 0.494 e. The monoisotopic (exact) mass is 279 g/mol. The van der Waals surface area contributed by atoms with Crippen molar-refractivity contribution in [3.05, 3.63) is 24.3 Å². The first-order valence-corrected chi connectivity index (χ1v) is 5.86. The summed E-state index contributed by atoms with van der Waals surface area (Å²) in [5.41, 5.74) is 0.927. The first-order chi connectivity index (χ1) is 8.19. The van der Waals surface area contributed by atoms with E-state index in [1.807, 2.05) is 31.2 Å². The Balaban J connectivity index is 0.000000770. The Kier molecular flexibility index (Phi) is 9.38. The summed E-state index contributed by atoms with van der Waals surface area (Å²) < 4.78 is 6.90. The number of alkyl halides is 1. The molecule has 17 heavy (non-hydrogen) atoms. The minimum atomic E-state index is -0.250. The summed E-state index contributed by atoms with van der Waals surface area (Å²) in [6, 6.07) is 7.60. The molecule has 0 aliphatic heterocycles. The molecular weight excluding hydrogens is 265 g/mol.